The largest absolute Gasteiger partial charge is 0.325 e. The second-order valence-corrected chi connectivity index (χ2v) is 8.75. The molecule has 0 saturated heterocycles. The van der Waals surface area contributed by atoms with Crippen LogP contribution in [-0.4, -0.2) is 21.2 Å². The lowest BCUT2D eigenvalue weighted by Crippen LogP contribution is -2.26. The fourth-order valence-electron chi connectivity index (χ4n) is 2.80. The molecule has 1 heterocycles. The molecule has 0 atom stereocenters. The van der Waals surface area contributed by atoms with E-state index in [2.05, 4.69) is 26.2 Å². The molecule has 0 bridgehead atoms. The number of fused-ring (bicyclic) bond motifs is 1. The summed E-state index contributed by atoms with van der Waals surface area (Å²) in [5.74, 6) is 0.121. The number of nitrogens with one attached hydrogen (secondary N) is 1. The van der Waals surface area contributed by atoms with Crippen molar-refractivity contribution in [2.24, 2.45) is 5.92 Å². The van der Waals surface area contributed by atoms with E-state index in [1.165, 1.54) is 11.8 Å². The minimum Gasteiger partial charge on any atom is -0.325 e. The van der Waals surface area contributed by atoms with Crippen LogP contribution in [-0.2, 0) is 11.3 Å². The van der Waals surface area contributed by atoms with E-state index in [-0.39, 0.29) is 23.1 Å². The van der Waals surface area contributed by atoms with Crippen LogP contribution in [0.25, 0.3) is 10.9 Å². The maximum Gasteiger partial charge on any atom is 0.262 e. The molecule has 0 unspecified atom stereocenters. The molecular formula is C21H19BrN4O2S. The number of aromatic nitrogens is 2. The molecule has 0 aliphatic heterocycles. The highest BCUT2D eigenvalue weighted by Gasteiger charge is 2.15. The van der Waals surface area contributed by atoms with Crippen LogP contribution >= 0.6 is 27.7 Å². The van der Waals surface area contributed by atoms with Crippen LogP contribution in [0.4, 0.5) is 5.69 Å². The number of hydrogen-bond acceptors (Lipinski definition) is 5. The lowest BCUT2D eigenvalue weighted by Gasteiger charge is -2.15. The molecule has 29 heavy (non-hydrogen) atoms. The molecule has 8 heteroatoms. The Morgan fingerprint density at radius 1 is 1.31 bits per heavy atom. The van der Waals surface area contributed by atoms with Gasteiger partial charge in [-0.25, -0.2) is 4.98 Å². The van der Waals surface area contributed by atoms with Gasteiger partial charge in [-0.2, -0.15) is 5.26 Å². The average molecular weight is 471 g/mol. The van der Waals surface area contributed by atoms with Crippen molar-refractivity contribution in [1.82, 2.24) is 9.55 Å². The van der Waals surface area contributed by atoms with Gasteiger partial charge in [-0.05, 0) is 42.3 Å². The highest BCUT2D eigenvalue weighted by Crippen LogP contribution is 2.22. The highest BCUT2D eigenvalue weighted by molar-refractivity contribution is 9.10. The summed E-state index contributed by atoms with van der Waals surface area (Å²) >= 11 is 4.62. The van der Waals surface area contributed by atoms with Crippen molar-refractivity contribution in [1.29, 1.82) is 5.26 Å². The Labute approximate surface area is 181 Å². The summed E-state index contributed by atoms with van der Waals surface area (Å²) in [6, 6.07) is 14.2. The number of rotatable bonds is 6. The van der Waals surface area contributed by atoms with Crippen molar-refractivity contribution in [3.05, 3.63) is 62.9 Å². The molecule has 1 N–H and O–H groups in total. The van der Waals surface area contributed by atoms with Crippen molar-refractivity contribution < 1.29 is 4.79 Å². The number of benzene rings is 2. The zero-order valence-electron chi connectivity index (χ0n) is 16.0. The summed E-state index contributed by atoms with van der Waals surface area (Å²) < 4.78 is 2.45. The van der Waals surface area contributed by atoms with Crippen LogP contribution in [0.5, 0.6) is 0 Å². The fraction of sp³-hybridized carbons (Fsp3) is 0.238. The van der Waals surface area contributed by atoms with Crippen LogP contribution in [0.3, 0.4) is 0 Å². The number of amides is 1. The molecule has 3 rings (SSSR count). The Kier molecular flexibility index (Phi) is 6.72. The van der Waals surface area contributed by atoms with Gasteiger partial charge in [0.1, 0.15) is 0 Å². The lowest BCUT2D eigenvalue weighted by atomic mass is 10.2. The molecule has 0 aliphatic rings. The summed E-state index contributed by atoms with van der Waals surface area (Å²) in [7, 11) is 0. The quantitative estimate of drug-likeness (QED) is 0.425. The van der Waals surface area contributed by atoms with Crippen LogP contribution in [0, 0.1) is 17.2 Å². The van der Waals surface area contributed by atoms with Crippen molar-refractivity contribution >= 4 is 50.2 Å². The third-order valence-corrected chi connectivity index (χ3v) is 5.51. The first kappa shape index (κ1) is 21.1. The SMILES string of the molecule is CC(C)Cn1c(SCC(=O)Nc2cccc(C#N)c2)nc2ccc(Br)cc2c1=O. The van der Waals surface area contributed by atoms with E-state index in [0.29, 0.717) is 33.9 Å². The average Bonchev–Trinajstić information content (AvgIpc) is 2.69. The number of hydrogen-bond donors (Lipinski definition) is 1. The number of carbonyl (C=O) groups is 1. The summed E-state index contributed by atoms with van der Waals surface area (Å²) in [6.45, 7) is 4.57. The summed E-state index contributed by atoms with van der Waals surface area (Å²) in [4.78, 5) is 30.0. The third kappa shape index (κ3) is 5.25. The monoisotopic (exact) mass is 470 g/mol. The zero-order chi connectivity index (χ0) is 21.0. The second-order valence-electron chi connectivity index (χ2n) is 6.89. The van der Waals surface area contributed by atoms with Gasteiger partial charge in [0.25, 0.3) is 5.56 Å². The molecule has 2 aromatic carbocycles. The molecule has 0 aliphatic carbocycles. The van der Waals surface area contributed by atoms with Crippen molar-refractivity contribution in [3.8, 4) is 6.07 Å². The van der Waals surface area contributed by atoms with Crippen LogP contribution in [0.2, 0.25) is 0 Å². The van der Waals surface area contributed by atoms with E-state index in [0.717, 1.165) is 4.47 Å². The van der Waals surface area contributed by atoms with Gasteiger partial charge >= 0.3 is 0 Å². The van der Waals surface area contributed by atoms with E-state index >= 15 is 0 Å². The van der Waals surface area contributed by atoms with Gasteiger partial charge in [-0.15, -0.1) is 0 Å². The number of nitriles is 1. The molecule has 0 spiro atoms. The van der Waals surface area contributed by atoms with Gasteiger partial charge in [0.15, 0.2) is 5.16 Å². The summed E-state index contributed by atoms with van der Waals surface area (Å²) in [5.41, 5.74) is 1.52. The third-order valence-electron chi connectivity index (χ3n) is 4.04. The van der Waals surface area contributed by atoms with Gasteiger partial charge in [-0.3, -0.25) is 14.2 Å². The Hall–Kier alpha value is -2.63. The molecule has 0 radical (unpaired) electrons. The van der Waals surface area contributed by atoms with Crippen molar-refractivity contribution in [2.75, 3.05) is 11.1 Å². The Morgan fingerprint density at radius 2 is 2.10 bits per heavy atom. The normalized spacial score (nSPS) is 10.9. The predicted octanol–water partition coefficient (Wildman–Crippen LogP) is 4.42. The second kappa shape index (κ2) is 9.25. The molecule has 3 aromatic rings. The van der Waals surface area contributed by atoms with Gasteiger partial charge < -0.3 is 5.32 Å². The molecule has 1 amide bonds. The van der Waals surface area contributed by atoms with E-state index < -0.39 is 0 Å². The number of halogens is 1. The minimum atomic E-state index is -0.230. The zero-order valence-corrected chi connectivity index (χ0v) is 18.4. The first-order chi connectivity index (χ1) is 13.9. The fourth-order valence-corrected chi connectivity index (χ4v) is 3.97. The van der Waals surface area contributed by atoms with Gasteiger partial charge in [-0.1, -0.05) is 47.6 Å². The summed E-state index contributed by atoms with van der Waals surface area (Å²) in [6.07, 6.45) is 0. The Balaban J connectivity index is 1.84. The van der Waals surface area contributed by atoms with E-state index in [4.69, 9.17) is 5.26 Å². The molecule has 1 aromatic heterocycles. The number of nitrogens with zero attached hydrogens (tertiary/aromatic N) is 3. The molecular weight excluding hydrogens is 452 g/mol. The predicted molar refractivity (Wildman–Crippen MR) is 119 cm³/mol. The van der Waals surface area contributed by atoms with Crippen molar-refractivity contribution in [3.63, 3.8) is 0 Å². The Bertz CT molecular complexity index is 1170. The van der Waals surface area contributed by atoms with Gasteiger partial charge in [0, 0.05) is 16.7 Å². The molecule has 0 saturated carbocycles. The number of thioether (sulfide) groups is 1. The van der Waals surface area contributed by atoms with Crippen LogP contribution in [0.1, 0.15) is 19.4 Å². The minimum absolute atomic E-state index is 0.101. The van der Waals surface area contributed by atoms with Crippen molar-refractivity contribution in [2.45, 2.75) is 25.5 Å². The first-order valence-electron chi connectivity index (χ1n) is 9.00. The maximum absolute atomic E-state index is 13.0. The van der Waals surface area contributed by atoms with Crippen LogP contribution < -0.4 is 10.9 Å². The first-order valence-corrected chi connectivity index (χ1v) is 10.8. The lowest BCUT2D eigenvalue weighted by molar-refractivity contribution is -0.113. The molecule has 6 nitrogen and oxygen atoms in total. The van der Waals surface area contributed by atoms with E-state index in [1.807, 2.05) is 26.0 Å². The smallest absolute Gasteiger partial charge is 0.262 e. The maximum atomic E-state index is 13.0. The van der Waals surface area contributed by atoms with E-state index in [9.17, 15) is 9.59 Å². The highest BCUT2D eigenvalue weighted by atomic mass is 79.9. The molecule has 0 fully saturated rings. The molecule has 148 valence electrons. The van der Waals surface area contributed by atoms with E-state index in [1.54, 1.807) is 41.0 Å². The van der Waals surface area contributed by atoms with Crippen LogP contribution in [0.15, 0.2) is 56.9 Å². The summed E-state index contributed by atoms with van der Waals surface area (Å²) in [5, 5.41) is 12.8. The Morgan fingerprint density at radius 3 is 2.83 bits per heavy atom. The van der Waals surface area contributed by atoms with Gasteiger partial charge in [0.2, 0.25) is 5.91 Å². The topological polar surface area (TPSA) is 87.8 Å². The number of carbonyl (C=O) groups excluding carboxylic acids is 1. The number of anilines is 1. The van der Waals surface area contributed by atoms with Gasteiger partial charge in [0.05, 0.1) is 28.3 Å². The standard InChI is InChI=1S/C21H19BrN4O2S/c1-13(2)11-26-20(28)17-9-15(22)6-7-18(17)25-21(26)29-12-19(27)24-16-5-3-4-14(8-16)10-23/h3-9,13H,11-12H2,1-2H3,(H,24,27).